The molecular weight excluding hydrogens is 689 g/mol. The van der Waals surface area contributed by atoms with E-state index in [-0.39, 0.29) is 37.0 Å². The molecule has 0 spiro atoms. The van der Waals surface area contributed by atoms with Crippen LogP contribution in [0.3, 0.4) is 0 Å². The number of benzene rings is 4. The zero-order chi connectivity index (χ0) is 37.3. The lowest BCUT2D eigenvalue weighted by Crippen LogP contribution is -2.49. The first-order valence-corrected chi connectivity index (χ1v) is 16.6. The lowest BCUT2D eigenvalue weighted by molar-refractivity contribution is -0.158. The average molecular weight is 728 g/mol. The Morgan fingerprint density at radius 3 is 2.37 bits per heavy atom. The van der Waals surface area contributed by atoms with E-state index in [1.165, 1.54) is 42.5 Å². The van der Waals surface area contributed by atoms with Gasteiger partial charge in [-0.25, -0.2) is 13.6 Å². The number of nitrogens with one attached hydrogen (secondary N) is 3. The minimum Gasteiger partial charge on any atom is -0.464 e. The summed E-state index contributed by atoms with van der Waals surface area (Å²) in [4.78, 5) is 38.5. The molecule has 1 aliphatic heterocycles. The minimum atomic E-state index is -4.45. The lowest BCUT2D eigenvalue weighted by Gasteiger charge is -2.30. The molecule has 14 heteroatoms. The maximum absolute atomic E-state index is 15.3. The van der Waals surface area contributed by atoms with Gasteiger partial charge in [-0.05, 0) is 59.0 Å². The highest BCUT2D eigenvalue weighted by Crippen LogP contribution is 2.33. The Hall–Kier alpha value is -5.08. The van der Waals surface area contributed by atoms with Gasteiger partial charge in [-0.15, -0.1) is 0 Å². The summed E-state index contributed by atoms with van der Waals surface area (Å²) in [6.45, 7) is 0.251. The van der Waals surface area contributed by atoms with Crippen molar-refractivity contribution >= 4 is 34.4 Å². The number of rotatable bonds is 13. The molecule has 0 aliphatic carbocycles. The summed E-state index contributed by atoms with van der Waals surface area (Å²) in [6, 6.07) is 21.3. The van der Waals surface area contributed by atoms with Crippen molar-refractivity contribution in [2.24, 2.45) is 0 Å². The van der Waals surface area contributed by atoms with Crippen LogP contribution >= 0.6 is 0 Å². The molecule has 1 aliphatic rings. The van der Waals surface area contributed by atoms with E-state index in [0.717, 1.165) is 17.9 Å². The second-order valence-electron chi connectivity index (χ2n) is 12.4. The third-order valence-electron chi connectivity index (χ3n) is 8.75. The third kappa shape index (κ3) is 10.5. The summed E-state index contributed by atoms with van der Waals surface area (Å²) < 4.78 is 82.1. The van der Waals surface area contributed by atoms with Crippen LogP contribution in [0.15, 0.2) is 84.9 Å². The summed E-state index contributed by atoms with van der Waals surface area (Å²) in [5.74, 6) is -3.51. The monoisotopic (exact) mass is 727 g/mol. The van der Waals surface area contributed by atoms with E-state index >= 15 is 4.39 Å². The van der Waals surface area contributed by atoms with Crippen LogP contribution in [0.25, 0.3) is 10.8 Å². The first-order valence-electron chi connectivity index (χ1n) is 16.6. The van der Waals surface area contributed by atoms with Crippen molar-refractivity contribution in [3.05, 3.63) is 113 Å². The van der Waals surface area contributed by atoms with E-state index in [9.17, 15) is 31.9 Å². The number of carbonyl (C=O) groups is 3. The number of carbonyl (C=O) groups excluding carboxylic acids is 3. The highest BCUT2D eigenvalue weighted by Gasteiger charge is 2.34. The van der Waals surface area contributed by atoms with Crippen molar-refractivity contribution in [2.45, 2.75) is 56.0 Å². The number of hydrogen-bond acceptors (Lipinski definition) is 7. The summed E-state index contributed by atoms with van der Waals surface area (Å²) in [7, 11) is 1.16. The van der Waals surface area contributed by atoms with Crippen LogP contribution in [-0.4, -0.2) is 69.2 Å². The molecule has 0 radical (unpaired) electrons. The molecular formula is C38H38F5N3O6. The van der Waals surface area contributed by atoms with E-state index < -0.39 is 66.6 Å². The molecule has 9 nitrogen and oxygen atoms in total. The van der Waals surface area contributed by atoms with E-state index in [0.29, 0.717) is 24.1 Å². The van der Waals surface area contributed by atoms with Gasteiger partial charge in [0.25, 0.3) is 0 Å². The topological polar surface area (TPSA) is 115 Å². The number of hydrogen-bond donors (Lipinski definition) is 3. The van der Waals surface area contributed by atoms with Crippen molar-refractivity contribution in [3.8, 4) is 0 Å². The quantitative estimate of drug-likeness (QED) is 0.103. The number of amides is 2. The largest absolute Gasteiger partial charge is 0.464 e. The van der Waals surface area contributed by atoms with Gasteiger partial charge in [0, 0.05) is 23.7 Å². The van der Waals surface area contributed by atoms with Gasteiger partial charge in [0.1, 0.15) is 24.3 Å². The van der Waals surface area contributed by atoms with Gasteiger partial charge < -0.3 is 30.2 Å². The fourth-order valence-corrected chi connectivity index (χ4v) is 6.05. The molecule has 52 heavy (non-hydrogen) atoms. The number of anilines is 1. The van der Waals surface area contributed by atoms with Crippen LogP contribution in [0.2, 0.25) is 0 Å². The van der Waals surface area contributed by atoms with Crippen molar-refractivity contribution in [1.82, 2.24) is 10.6 Å². The number of halogens is 5. The molecule has 0 unspecified atom stereocenters. The number of alkyl halides is 3. The Kier molecular flexibility index (Phi) is 12.8. The molecule has 5 rings (SSSR count). The predicted octanol–water partition coefficient (Wildman–Crippen LogP) is 6.79. The Bertz CT molecular complexity index is 1850. The van der Waals surface area contributed by atoms with Crippen molar-refractivity contribution < 1.29 is 50.5 Å². The molecule has 4 atom stereocenters. The first kappa shape index (κ1) is 38.2. The van der Waals surface area contributed by atoms with Crippen molar-refractivity contribution in [1.29, 1.82) is 0 Å². The van der Waals surface area contributed by atoms with Gasteiger partial charge >= 0.3 is 18.2 Å². The van der Waals surface area contributed by atoms with Gasteiger partial charge in [-0.3, -0.25) is 9.59 Å². The molecule has 1 fully saturated rings. The molecule has 0 saturated carbocycles. The molecule has 0 aromatic heterocycles. The maximum atomic E-state index is 15.3. The van der Waals surface area contributed by atoms with Gasteiger partial charge in [0.05, 0.1) is 38.7 Å². The zero-order valence-corrected chi connectivity index (χ0v) is 28.2. The molecule has 4 aromatic carbocycles. The maximum Gasteiger partial charge on any atom is 0.407 e. The van der Waals surface area contributed by atoms with Crippen molar-refractivity contribution in [3.63, 3.8) is 0 Å². The second-order valence-corrected chi connectivity index (χ2v) is 12.4. The van der Waals surface area contributed by atoms with Gasteiger partial charge in [-0.1, -0.05) is 60.7 Å². The average Bonchev–Trinajstić information content (AvgIpc) is 3.13. The minimum absolute atomic E-state index is 0.110. The summed E-state index contributed by atoms with van der Waals surface area (Å²) in [6.07, 6.45) is -7.28. The molecule has 1 heterocycles. The third-order valence-corrected chi connectivity index (χ3v) is 8.75. The Labute approximate surface area is 296 Å². The lowest BCUT2D eigenvalue weighted by atomic mass is 9.83. The highest BCUT2D eigenvalue weighted by molar-refractivity contribution is 5.98. The van der Waals surface area contributed by atoms with E-state index in [2.05, 4.69) is 16.0 Å². The Morgan fingerprint density at radius 1 is 0.942 bits per heavy atom. The molecule has 276 valence electrons. The van der Waals surface area contributed by atoms with Gasteiger partial charge in [-0.2, -0.15) is 13.2 Å². The van der Waals surface area contributed by atoms with Crippen LogP contribution < -0.4 is 16.0 Å². The number of methoxy groups -OCH3 is 1. The summed E-state index contributed by atoms with van der Waals surface area (Å²) in [5, 5.41) is 10.4. The van der Waals surface area contributed by atoms with Crippen LogP contribution in [-0.2, 0) is 30.2 Å². The van der Waals surface area contributed by atoms with E-state index in [1.807, 2.05) is 42.5 Å². The fraction of sp³-hybridized carbons (Fsp3) is 0.342. The van der Waals surface area contributed by atoms with Crippen LogP contribution in [0, 0.1) is 11.6 Å². The molecule has 1 saturated heterocycles. The fourth-order valence-electron chi connectivity index (χ4n) is 6.05. The van der Waals surface area contributed by atoms with Gasteiger partial charge in [0.2, 0.25) is 5.91 Å². The smallest absolute Gasteiger partial charge is 0.407 e. The standard InChI is InChI=1S/C38H38F5N3O6/c1-50-37(49)46-35(34(24-11-13-27(39)14-12-24)26-10-9-23-5-2-3-6-25(23)19-26)36(48)45-32-8-4-7-31(40)30(32)16-15-29-20-44-28(21-51-29)22-52-33(47)17-18-38(41,42)43/h2-14,19,28-29,34-35,44H,15-18,20-22H2,1H3,(H,45,48)(H,46,49)/t28-,29+,34+,35-/m0/s1. The molecule has 2 amide bonds. The van der Waals surface area contributed by atoms with Crippen LogP contribution in [0.5, 0.6) is 0 Å². The van der Waals surface area contributed by atoms with Gasteiger partial charge in [0.15, 0.2) is 0 Å². The van der Waals surface area contributed by atoms with E-state index in [4.69, 9.17) is 14.2 Å². The number of morpholine rings is 1. The summed E-state index contributed by atoms with van der Waals surface area (Å²) in [5.41, 5.74) is 1.55. The number of esters is 1. The number of fused-ring (bicyclic) bond motifs is 1. The molecule has 0 bridgehead atoms. The van der Waals surface area contributed by atoms with Crippen LogP contribution in [0.4, 0.5) is 32.4 Å². The molecule has 4 aromatic rings. The Morgan fingerprint density at radius 2 is 1.67 bits per heavy atom. The molecule has 3 N–H and O–H groups in total. The highest BCUT2D eigenvalue weighted by atomic mass is 19.4. The zero-order valence-electron chi connectivity index (χ0n) is 28.2. The van der Waals surface area contributed by atoms with E-state index in [1.54, 1.807) is 0 Å². The normalized spacial score (nSPS) is 17.2. The number of ether oxygens (including phenoxy) is 3. The first-order chi connectivity index (χ1) is 24.9. The van der Waals surface area contributed by atoms with Crippen molar-refractivity contribution in [2.75, 3.05) is 32.2 Å². The predicted molar refractivity (Wildman–Crippen MR) is 183 cm³/mol. The SMILES string of the molecule is COC(=O)N[C@H](C(=O)Nc1cccc(F)c1CC[C@@H]1CN[C@H](COC(=O)CCC(F)(F)F)CO1)[C@H](c1ccc(F)cc1)c1ccc2ccccc2c1. The number of alkyl carbamates (subject to hydrolysis) is 1. The summed E-state index contributed by atoms with van der Waals surface area (Å²) >= 11 is 0. The van der Waals surface area contributed by atoms with Crippen LogP contribution in [0.1, 0.15) is 41.9 Å². The second kappa shape index (κ2) is 17.4. The Balaban J connectivity index is 1.30.